The molecule has 1 fully saturated rings. The van der Waals surface area contributed by atoms with Gasteiger partial charge in [-0.15, -0.1) is 0 Å². The zero-order chi connectivity index (χ0) is 31.7. The lowest BCUT2D eigenvalue weighted by Gasteiger charge is -2.42. The van der Waals surface area contributed by atoms with Crippen LogP contribution in [0.25, 0.3) is 0 Å². The summed E-state index contributed by atoms with van der Waals surface area (Å²) in [7, 11) is 3.83. The number of ether oxygens (including phenoxy) is 3. The van der Waals surface area contributed by atoms with Crippen molar-refractivity contribution < 1.29 is 19.3 Å². The molecule has 8 nitrogen and oxygen atoms in total. The fraction of sp³-hybridized carbons (Fsp3) is 0.667. The quantitative estimate of drug-likeness (QED) is 0.262. The van der Waals surface area contributed by atoms with Crippen molar-refractivity contribution in [1.29, 1.82) is 0 Å². The summed E-state index contributed by atoms with van der Waals surface area (Å²) in [5.41, 5.74) is 7.79. The lowest BCUT2D eigenvalue weighted by molar-refractivity contribution is -0.122. The topological polar surface area (TPSA) is 92.8 Å². The number of halogens is 1. The van der Waals surface area contributed by atoms with Gasteiger partial charge in [0.05, 0.1) is 49.2 Å². The van der Waals surface area contributed by atoms with Crippen LogP contribution in [0.5, 0.6) is 5.75 Å². The Morgan fingerprint density at radius 2 is 1.83 bits per heavy atom. The van der Waals surface area contributed by atoms with E-state index in [1.807, 2.05) is 40.1 Å². The summed E-state index contributed by atoms with van der Waals surface area (Å²) in [5, 5.41) is 8.04. The Morgan fingerprint density at radius 1 is 1.17 bits per heavy atom. The summed E-state index contributed by atoms with van der Waals surface area (Å²) >= 11 is 6.19. The van der Waals surface area contributed by atoms with Crippen LogP contribution in [-0.2, 0) is 9.47 Å². The van der Waals surface area contributed by atoms with Crippen LogP contribution in [0.2, 0.25) is 5.02 Å². The maximum absolute atomic E-state index is 7.57. The molecule has 0 bridgehead atoms. The van der Waals surface area contributed by atoms with Crippen LogP contribution >= 0.6 is 11.6 Å². The number of aliphatic imine (C=N–C) groups is 1. The minimum absolute atomic E-state index is 0.182. The number of allylic oxidation sites excluding steroid dienone is 1. The van der Waals surface area contributed by atoms with E-state index in [1.165, 1.54) is 12.8 Å². The number of fused-ring (bicyclic) bond motifs is 1. The second kappa shape index (κ2) is 19.8. The lowest BCUT2D eigenvalue weighted by Crippen LogP contribution is -2.45. The molecule has 1 aromatic rings. The molecule has 1 aromatic carbocycles. The first-order valence-electron chi connectivity index (χ1n) is 15.7. The number of anilines is 1. The molecule has 1 saturated heterocycles. The van der Waals surface area contributed by atoms with Gasteiger partial charge in [0.25, 0.3) is 0 Å². The summed E-state index contributed by atoms with van der Waals surface area (Å²) in [5.74, 6) is 2.52. The smallest absolute Gasteiger partial charge is 0.226 e. The van der Waals surface area contributed by atoms with Gasteiger partial charge in [-0.1, -0.05) is 53.1 Å². The van der Waals surface area contributed by atoms with Crippen LogP contribution in [0.4, 0.5) is 5.69 Å². The van der Waals surface area contributed by atoms with Crippen LogP contribution < -0.4 is 10.5 Å². The molecule has 1 unspecified atom stereocenters. The number of hydrogen-bond donors (Lipinski definition) is 2. The van der Waals surface area contributed by atoms with Crippen molar-refractivity contribution in [3.8, 4) is 5.75 Å². The fourth-order valence-electron chi connectivity index (χ4n) is 5.10. The van der Waals surface area contributed by atoms with Crippen LogP contribution in [0.1, 0.15) is 74.1 Å². The molecule has 3 N–H and O–H groups in total. The number of hydrogen-bond acceptors (Lipinski definition) is 8. The molecule has 0 spiro atoms. The van der Waals surface area contributed by atoms with E-state index in [9.17, 15) is 0 Å². The number of methoxy groups -OCH3 is 1. The van der Waals surface area contributed by atoms with E-state index in [4.69, 9.17) is 36.7 Å². The SMILES string of the molecule is CC.CC.CCN(CC[C@H]1CC2C(=C(Oc3ccc(N)c(Cl)c3)N=CN2C)C=C1OC)CCC1(CC)COC1.CCO. The van der Waals surface area contributed by atoms with Gasteiger partial charge in [-0.2, -0.15) is 0 Å². The van der Waals surface area contributed by atoms with E-state index in [2.05, 4.69) is 41.8 Å². The summed E-state index contributed by atoms with van der Waals surface area (Å²) < 4.78 is 17.5. The third-order valence-corrected chi connectivity index (χ3v) is 8.18. The highest BCUT2D eigenvalue weighted by Crippen LogP contribution is 2.38. The zero-order valence-electron chi connectivity index (χ0n) is 27.6. The monoisotopic (exact) mass is 608 g/mol. The molecule has 0 amide bonds. The fourth-order valence-corrected chi connectivity index (χ4v) is 5.27. The number of aliphatic hydroxyl groups excluding tert-OH is 1. The Morgan fingerprint density at radius 3 is 2.36 bits per heavy atom. The highest BCUT2D eigenvalue weighted by molar-refractivity contribution is 6.33. The molecule has 2 heterocycles. The summed E-state index contributed by atoms with van der Waals surface area (Å²) in [6, 6.07) is 5.45. The number of aliphatic hydroxyl groups is 1. The molecular formula is C33H57ClN4O4. The first-order chi connectivity index (χ1) is 20.3. The van der Waals surface area contributed by atoms with Crippen molar-refractivity contribution in [2.75, 3.05) is 59.3 Å². The second-order valence-corrected chi connectivity index (χ2v) is 10.7. The van der Waals surface area contributed by atoms with Gasteiger partial charge < -0.3 is 34.9 Å². The average Bonchev–Trinajstić information content (AvgIpc) is 2.99. The average molecular weight is 609 g/mol. The van der Waals surface area contributed by atoms with Gasteiger partial charge >= 0.3 is 0 Å². The molecule has 4 rings (SSSR count). The number of nitrogens with two attached hydrogens (primary N) is 1. The zero-order valence-corrected chi connectivity index (χ0v) is 28.3. The van der Waals surface area contributed by atoms with Crippen molar-refractivity contribution in [3.05, 3.63) is 46.5 Å². The maximum Gasteiger partial charge on any atom is 0.226 e. The Labute approximate surface area is 260 Å². The molecule has 0 saturated carbocycles. The Kier molecular flexibility index (Phi) is 17.8. The normalized spacial score (nSPS) is 20.0. The number of rotatable bonds is 11. The molecule has 42 heavy (non-hydrogen) atoms. The number of nitrogens with zero attached hydrogens (tertiary/aromatic N) is 3. The molecule has 2 aliphatic heterocycles. The van der Waals surface area contributed by atoms with Gasteiger partial charge in [0.1, 0.15) is 5.75 Å². The molecule has 1 aliphatic carbocycles. The van der Waals surface area contributed by atoms with Gasteiger partial charge in [-0.3, -0.25) is 0 Å². The van der Waals surface area contributed by atoms with Gasteiger partial charge in [-0.05, 0) is 70.5 Å². The standard InChI is InChI=1S/C27H39ClN4O3.C2H6O.2C2H6/c1-5-27(16-34-17-27)10-12-32(6-2)11-9-19-13-24-21(15-25(19)33-4)26(30-18-31(24)3)35-20-7-8-23(29)22(28)14-20;1-2-3;2*1-2/h7-8,14-15,18-19,24H,5-6,9-13,16-17,29H2,1-4H3;3H,2H2,1H3;2*1-2H3/t19-,24?;;;/m0.../s1. The predicted octanol–water partition coefficient (Wildman–Crippen LogP) is 6.98. The van der Waals surface area contributed by atoms with Crippen LogP contribution in [0, 0.1) is 11.3 Å². The molecule has 0 aromatic heterocycles. The molecule has 9 heteroatoms. The Balaban J connectivity index is 0.00000116. The first-order valence-corrected chi connectivity index (χ1v) is 16.1. The first kappa shape index (κ1) is 37.8. The molecule has 3 aliphatic rings. The van der Waals surface area contributed by atoms with E-state index in [1.54, 1.807) is 26.2 Å². The van der Waals surface area contributed by atoms with Crippen LogP contribution in [-0.4, -0.2) is 80.9 Å². The molecular weight excluding hydrogens is 552 g/mol. The number of nitrogen functional groups attached to an aromatic ring is 1. The van der Waals surface area contributed by atoms with Gasteiger partial charge in [0, 0.05) is 36.6 Å². The number of likely N-dealkylation sites (N-methyl/N-ethyl adjacent to an activating group) is 1. The third kappa shape index (κ3) is 10.5. The van der Waals surface area contributed by atoms with Gasteiger partial charge in [0.2, 0.25) is 5.88 Å². The molecule has 2 atom stereocenters. The van der Waals surface area contributed by atoms with Gasteiger partial charge in [-0.25, -0.2) is 4.99 Å². The Hall–Kier alpha value is -2.26. The van der Waals surface area contributed by atoms with Gasteiger partial charge in [0.15, 0.2) is 0 Å². The van der Waals surface area contributed by atoms with Crippen LogP contribution in [0.15, 0.2) is 46.5 Å². The van der Waals surface area contributed by atoms with Crippen molar-refractivity contribution in [3.63, 3.8) is 0 Å². The molecule has 240 valence electrons. The minimum atomic E-state index is 0.182. The summed E-state index contributed by atoms with van der Waals surface area (Å²) in [6.45, 7) is 19.5. The van der Waals surface area contributed by atoms with E-state index in [0.29, 0.717) is 33.7 Å². The van der Waals surface area contributed by atoms with Crippen molar-refractivity contribution >= 4 is 23.6 Å². The maximum atomic E-state index is 7.57. The minimum Gasteiger partial charge on any atom is -0.501 e. The largest absolute Gasteiger partial charge is 0.501 e. The van der Waals surface area contributed by atoms with Crippen molar-refractivity contribution in [2.45, 2.75) is 80.2 Å². The third-order valence-electron chi connectivity index (χ3n) is 7.85. The highest BCUT2D eigenvalue weighted by Gasteiger charge is 2.37. The Bertz CT molecular complexity index is 1000. The van der Waals surface area contributed by atoms with E-state index in [-0.39, 0.29) is 12.6 Å². The van der Waals surface area contributed by atoms with Crippen molar-refractivity contribution in [2.24, 2.45) is 16.3 Å². The number of benzene rings is 1. The van der Waals surface area contributed by atoms with E-state index >= 15 is 0 Å². The van der Waals surface area contributed by atoms with Crippen molar-refractivity contribution in [1.82, 2.24) is 9.80 Å². The summed E-state index contributed by atoms with van der Waals surface area (Å²) in [4.78, 5) is 9.29. The van der Waals surface area contributed by atoms with E-state index in [0.717, 1.165) is 57.0 Å². The van der Waals surface area contributed by atoms with E-state index < -0.39 is 0 Å². The summed E-state index contributed by atoms with van der Waals surface area (Å²) in [6.07, 6.45) is 8.38. The lowest BCUT2D eigenvalue weighted by atomic mass is 9.79. The second-order valence-electron chi connectivity index (χ2n) is 10.3. The van der Waals surface area contributed by atoms with Crippen LogP contribution in [0.3, 0.4) is 0 Å². The predicted molar refractivity (Wildman–Crippen MR) is 177 cm³/mol. The highest BCUT2D eigenvalue weighted by atomic mass is 35.5. The molecule has 0 radical (unpaired) electrons.